The van der Waals surface area contributed by atoms with Crippen molar-refractivity contribution in [1.29, 1.82) is 0 Å². The van der Waals surface area contributed by atoms with Gasteiger partial charge in [0, 0.05) is 36.9 Å². The lowest BCUT2D eigenvalue weighted by atomic mass is 10.1. The van der Waals surface area contributed by atoms with Crippen molar-refractivity contribution < 1.29 is 17.9 Å². The molecule has 2 aliphatic rings. The van der Waals surface area contributed by atoms with Gasteiger partial charge in [-0.05, 0) is 37.3 Å². The number of hydrogen-bond acceptors (Lipinski definition) is 7. The summed E-state index contributed by atoms with van der Waals surface area (Å²) in [6.45, 7) is 4.79. The van der Waals surface area contributed by atoms with E-state index in [2.05, 4.69) is 9.88 Å². The number of pyridine rings is 1. The lowest BCUT2D eigenvalue weighted by Crippen LogP contribution is -2.62. The molecule has 2 aromatic rings. The molecular weight excluding hydrogens is 468 g/mol. The second-order valence-electron chi connectivity index (χ2n) is 8.14. The van der Waals surface area contributed by atoms with Crippen molar-refractivity contribution >= 4 is 33.4 Å². The van der Waals surface area contributed by atoms with E-state index in [4.69, 9.17) is 22.2 Å². The number of piperazine rings is 1. The van der Waals surface area contributed by atoms with E-state index in [1.165, 1.54) is 14.8 Å². The molecule has 1 aromatic heterocycles. The van der Waals surface area contributed by atoms with Gasteiger partial charge in [0.2, 0.25) is 0 Å². The van der Waals surface area contributed by atoms with Gasteiger partial charge >= 0.3 is 10.2 Å². The van der Waals surface area contributed by atoms with E-state index in [1.807, 2.05) is 12.3 Å². The normalized spacial score (nSPS) is 20.3. The van der Waals surface area contributed by atoms with Crippen molar-refractivity contribution in [2.75, 3.05) is 37.2 Å². The quantitative estimate of drug-likeness (QED) is 0.334. The summed E-state index contributed by atoms with van der Waals surface area (Å²) in [6.07, 6.45) is 1.36. The number of amides is 1. The van der Waals surface area contributed by atoms with Crippen LogP contribution in [-0.4, -0.2) is 73.4 Å². The van der Waals surface area contributed by atoms with Gasteiger partial charge in [-0.25, -0.2) is 5.84 Å². The summed E-state index contributed by atoms with van der Waals surface area (Å²) in [5.74, 6) is 4.69. The number of rotatable bonds is 7. The molecule has 0 radical (unpaired) electrons. The maximum atomic E-state index is 13.8. The molecular formula is C21H27ClN6O4S. The minimum Gasteiger partial charge on any atom is -0.378 e. The van der Waals surface area contributed by atoms with Crippen LogP contribution in [0.15, 0.2) is 42.6 Å². The maximum absolute atomic E-state index is 13.8. The van der Waals surface area contributed by atoms with Crippen LogP contribution in [0.3, 0.4) is 0 Å². The molecule has 0 aliphatic carbocycles. The predicted octanol–water partition coefficient (Wildman–Crippen LogP) is 0.995. The van der Waals surface area contributed by atoms with Crippen LogP contribution in [0.1, 0.15) is 23.0 Å². The number of ether oxygens (including phenoxy) is 1. The van der Waals surface area contributed by atoms with Crippen LogP contribution in [-0.2, 0) is 21.5 Å². The number of nitrogen functional groups attached to an aromatic ring is 1. The van der Waals surface area contributed by atoms with Gasteiger partial charge in [0.25, 0.3) is 5.91 Å². The second-order valence-corrected chi connectivity index (χ2v) is 10.4. The molecule has 2 fully saturated rings. The van der Waals surface area contributed by atoms with Gasteiger partial charge in [0.15, 0.2) is 0 Å². The van der Waals surface area contributed by atoms with Gasteiger partial charge in [-0.1, -0.05) is 17.7 Å². The standard InChI is InChI=1S/C21H27ClN6O4S/c1-15-11-26(7-8-27(15)20-13-32-14-20)33(30,31)28(19-4-2-3-17(22)9-19)12-18-6-5-16(10-24-18)21(29)25-23/h2-6,9-10,15,20H,7-8,11-14,23H2,1H3,(H,25,29)/t15-/m1/s1. The Morgan fingerprint density at radius 3 is 2.67 bits per heavy atom. The van der Waals surface area contributed by atoms with E-state index in [9.17, 15) is 13.2 Å². The Hall–Kier alpha value is -2.28. The molecule has 1 aromatic carbocycles. The molecule has 10 nitrogen and oxygen atoms in total. The van der Waals surface area contributed by atoms with E-state index in [1.54, 1.807) is 36.4 Å². The average Bonchev–Trinajstić information content (AvgIpc) is 2.77. The van der Waals surface area contributed by atoms with Gasteiger partial charge < -0.3 is 4.74 Å². The van der Waals surface area contributed by atoms with Crippen LogP contribution in [0.25, 0.3) is 0 Å². The minimum atomic E-state index is -3.88. The molecule has 2 saturated heterocycles. The van der Waals surface area contributed by atoms with Gasteiger partial charge in [0.05, 0.1) is 42.7 Å². The first-order valence-corrected chi connectivity index (χ1v) is 12.4. The molecule has 0 unspecified atom stereocenters. The molecule has 178 valence electrons. The summed E-state index contributed by atoms with van der Waals surface area (Å²) < 4.78 is 35.7. The highest BCUT2D eigenvalue weighted by atomic mass is 35.5. The Labute approximate surface area is 198 Å². The number of anilines is 1. The van der Waals surface area contributed by atoms with Crippen LogP contribution >= 0.6 is 11.6 Å². The predicted molar refractivity (Wildman–Crippen MR) is 125 cm³/mol. The first-order chi connectivity index (χ1) is 15.8. The maximum Gasteiger partial charge on any atom is 0.304 e. The van der Waals surface area contributed by atoms with E-state index < -0.39 is 16.1 Å². The monoisotopic (exact) mass is 494 g/mol. The van der Waals surface area contributed by atoms with E-state index >= 15 is 0 Å². The topological polar surface area (TPSA) is 121 Å². The Bertz CT molecular complexity index is 1100. The van der Waals surface area contributed by atoms with Crippen molar-refractivity contribution in [3.8, 4) is 0 Å². The van der Waals surface area contributed by atoms with Crippen molar-refractivity contribution in [1.82, 2.24) is 19.6 Å². The summed E-state index contributed by atoms with van der Waals surface area (Å²) in [5.41, 5.74) is 3.24. The molecule has 0 spiro atoms. The highest BCUT2D eigenvalue weighted by Crippen LogP contribution is 2.28. The number of halogens is 1. The third kappa shape index (κ3) is 5.13. The summed E-state index contributed by atoms with van der Waals surface area (Å²) in [4.78, 5) is 18.3. The van der Waals surface area contributed by atoms with Crippen molar-refractivity contribution in [3.63, 3.8) is 0 Å². The highest BCUT2D eigenvalue weighted by Gasteiger charge is 2.39. The molecule has 0 bridgehead atoms. The summed E-state index contributed by atoms with van der Waals surface area (Å²) in [6, 6.07) is 10.3. The largest absolute Gasteiger partial charge is 0.378 e. The number of carbonyl (C=O) groups excluding carboxylic acids is 1. The zero-order chi connectivity index (χ0) is 23.6. The lowest BCUT2D eigenvalue weighted by Gasteiger charge is -2.46. The van der Waals surface area contributed by atoms with Gasteiger partial charge in [-0.15, -0.1) is 0 Å². The third-order valence-electron chi connectivity index (χ3n) is 5.96. The average molecular weight is 495 g/mol. The molecule has 1 amide bonds. The zero-order valence-electron chi connectivity index (χ0n) is 18.2. The molecule has 12 heteroatoms. The number of aromatic nitrogens is 1. The molecule has 3 N–H and O–H groups in total. The number of nitrogens with one attached hydrogen (secondary N) is 1. The minimum absolute atomic E-state index is 0.0156. The number of benzene rings is 1. The number of carbonyl (C=O) groups is 1. The Morgan fingerprint density at radius 1 is 1.30 bits per heavy atom. The van der Waals surface area contributed by atoms with Gasteiger partial charge in [-0.2, -0.15) is 12.7 Å². The summed E-state index contributed by atoms with van der Waals surface area (Å²) >= 11 is 6.17. The van der Waals surface area contributed by atoms with E-state index in [0.717, 1.165) is 0 Å². The van der Waals surface area contributed by atoms with Gasteiger partial charge in [0.1, 0.15) is 0 Å². The molecule has 0 saturated carbocycles. The molecule has 1 atom stereocenters. The van der Waals surface area contributed by atoms with Crippen LogP contribution in [0.2, 0.25) is 5.02 Å². The van der Waals surface area contributed by atoms with Crippen LogP contribution in [0.4, 0.5) is 5.69 Å². The fourth-order valence-electron chi connectivity index (χ4n) is 4.06. The van der Waals surface area contributed by atoms with Crippen LogP contribution in [0, 0.1) is 0 Å². The smallest absolute Gasteiger partial charge is 0.304 e. The van der Waals surface area contributed by atoms with Crippen molar-refractivity contribution in [2.24, 2.45) is 5.84 Å². The Morgan fingerprint density at radius 2 is 2.09 bits per heavy atom. The van der Waals surface area contributed by atoms with Crippen molar-refractivity contribution in [2.45, 2.75) is 25.6 Å². The fourth-order valence-corrected chi connectivity index (χ4v) is 5.92. The fraction of sp³-hybridized carbons (Fsp3) is 0.429. The molecule has 33 heavy (non-hydrogen) atoms. The van der Waals surface area contributed by atoms with Gasteiger partial charge in [-0.3, -0.25) is 24.4 Å². The third-order valence-corrected chi connectivity index (χ3v) is 8.07. The number of hydrogen-bond donors (Lipinski definition) is 2. The van der Waals surface area contributed by atoms with Crippen LogP contribution in [0.5, 0.6) is 0 Å². The van der Waals surface area contributed by atoms with E-state index in [-0.39, 0.29) is 18.2 Å². The molecule has 4 rings (SSSR count). The highest BCUT2D eigenvalue weighted by molar-refractivity contribution is 7.90. The second kappa shape index (κ2) is 9.92. The number of hydrazine groups is 1. The Balaban J connectivity index is 1.59. The Kier molecular flexibility index (Phi) is 7.17. The first kappa shape index (κ1) is 23.9. The SMILES string of the molecule is C[C@@H]1CN(S(=O)(=O)N(Cc2ccc(C(=O)NN)cn2)c2cccc(Cl)c2)CCN1C1COC1. The lowest BCUT2D eigenvalue weighted by molar-refractivity contribution is -0.0873. The number of nitrogens with two attached hydrogens (primary N) is 1. The molecule has 2 aliphatic heterocycles. The van der Waals surface area contributed by atoms with Crippen molar-refractivity contribution in [3.05, 3.63) is 58.9 Å². The summed E-state index contributed by atoms with van der Waals surface area (Å²) in [7, 11) is -3.88. The molecule has 3 heterocycles. The summed E-state index contributed by atoms with van der Waals surface area (Å²) in [5, 5.41) is 0.429. The first-order valence-electron chi connectivity index (χ1n) is 10.6. The van der Waals surface area contributed by atoms with E-state index in [0.29, 0.717) is 55.3 Å². The van der Waals surface area contributed by atoms with Crippen LogP contribution < -0.4 is 15.6 Å². The number of nitrogens with zero attached hydrogens (tertiary/aromatic N) is 4. The zero-order valence-corrected chi connectivity index (χ0v) is 19.8.